The first-order valence-corrected chi connectivity index (χ1v) is 6.59. The first kappa shape index (κ1) is 13.5. The largest absolute Gasteiger partial charge is 0.294 e. The molecule has 1 aliphatic rings. The number of fused-ring (bicyclic) bond motifs is 1. The maximum absolute atomic E-state index is 12.2. The van der Waals surface area contributed by atoms with Crippen molar-refractivity contribution in [2.45, 2.75) is 33.3 Å². The third-order valence-corrected chi connectivity index (χ3v) is 4.03. The second-order valence-electron chi connectivity index (χ2n) is 4.88. The summed E-state index contributed by atoms with van der Waals surface area (Å²) in [6.07, 6.45) is 0.202. The van der Waals surface area contributed by atoms with Crippen molar-refractivity contribution < 1.29 is 14.9 Å². The minimum Gasteiger partial charge on any atom is -0.294 e. The molecule has 0 amide bonds. The predicted molar refractivity (Wildman–Crippen MR) is 70.3 cm³/mol. The molecule has 0 unspecified atom stereocenters. The normalized spacial score (nSPS) is 22.4. The molecule has 2 atom stereocenters. The second-order valence-corrected chi connectivity index (χ2v) is 5.26. The van der Waals surface area contributed by atoms with Crippen LogP contribution in [0.3, 0.4) is 0 Å². The van der Waals surface area contributed by atoms with E-state index < -0.39 is 6.10 Å². The van der Waals surface area contributed by atoms with Crippen molar-refractivity contribution in [3.8, 4) is 0 Å². The van der Waals surface area contributed by atoms with Crippen molar-refractivity contribution in [2.75, 3.05) is 5.88 Å². The van der Waals surface area contributed by atoms with Crippen LogP contribution < -0.4 is 0 Å². The lowest BCUT2D eigenvalue weighted by Crippen LogP contribution is -2.11. The van der Waals surface area contributed by atoms with Gasteiger partial charge in [0, 0.05) is 11.4 Å². The summed E-state index contributed by atoms with van der Waals surface area (Å²) in [6.45, 7) is 5.72. The Morgan fingerprint density at radius 1 is 1.44 bits per heavy atom. The van der Waals surface area contributed by atoms with Crippen LogP contribution in [0, 0.1) is 19.8 Å². The Labute approximate surface area is 112 Å². The molecule has 0 bridgehead atoms. The molecule has 0 fully saturated rings. The summed E-state index contributed by atoms with van der Waals surface area (Å²) in [5.41, 5.74) is 4.69. The molecule has 4 heteroatoms. The molecule has 3 nitrogen and oxygen atoms in total. The maximum atomic E-state index is 12.2. The van der Waals surface area contributed by atoms with Crippen LogP contribution in [0.2, 0.25) is 0 Å². The van der Waals surface area contributed by atoms with Crippen LogP contribution in [-0.4, -0.2) is 16.9 Å². The highest BCUT2D eigenvalue weighted by atomic mass is 35.5. The summed E-state index contributed by atoms with van der Waals surface area (Å²) in [4.78, 5) is 16.7. The zero-order chi connectivity index (χ0) is 13.4. The van der Waals surface area contributed by atoms with Crippen molar-refractivity contribution in [3.63, 3.8) is 0 Å². The summed E-state index contributed by atoms with van der Waals surface area (Å²) in [5, 5.41) is 8.98. The Balaban J connectivity index is 2.63. The van der Waals surface area contributed by atoms with E-state index in [0.29, 0.717) is 11.4 Å². The monoisotopic (exact) mass is 268 g/mol. The molecule has 0 aliphatic heterocycles. The van der Waals surface area contributed by atoms with Gasteiger partial charge in [0.05, 0.1) is 5.92 Å². The fourth-order valence-corrected chi connectivity index (χ4v) is 3.06. The maximum Gasteiger partial charge on any atom is 0.169 e. The van der Waals surface area contributed by atoms with E-state index in [2.05, 4.69) is 4.89 Å². The van der Waals surface area contributed by atoms with Gasteiger partial charge in [0.2, 0.25) is 0 Å². The number of ketones is 1. The Bertz CT molecular complexity index is 496. The van der Waals surface area contributed by atoms with Crippen LogP contribution in [0.1, 0.15) is 45.6 Å². The van der Waals surface area contributed by atoms with Crippen molar-refractivity contribution in [2.24, 2.45) is 5.92 Å². The number of halogens is 1. The first-order valence-electron chi connectivity index (χ1n) is 6.06. The molecule has 0 saturated carbocycles. The third kappa shape index (κ3) is 1.87. The number of hydrogen-bond acceptors (Lipinski definition) is 3. The lowest BCUT2D eigenvalue weighted by atomic mass is 9.92. The van der Waals surface area contributed by atoms with Gasteiger partial charge >= 0.3 is 0 Å². The smallest absolute Gasteiger partial charge is 0.169 e. The van der Waals surface area contributed by atoms with E-state index in [0.717, 1.165) is 28.7 Å². The number of Topliss-reactive ketones (excluding diaryl/α,β-unsaturated/α-hetero) is 1. The van der Waals surface area contributed by atoms with Gasteiger partial charge in [0.15, 0.2) is 5.78 Å². The lowest BCUT2D eigenvalue weighted by Gasteiger charge is -2.15. The molecule has 1 aromatic carbocycles. The van der Waals surface area contributed by atoms with Crippen molar-refractivity contribution in [1.29, 1.82) is 0 Å². The van der Waals surface area contributed by atoms with Crippen LogP contribution in [0.5, 0.6) is 0 Å². The molecule has 18 heavy (non-hydrogen) atoms. The van der Waals surface area contributed by atoms with Gasteiger partial charge in [-0.15, -0.1) is 11.6 Å². The molecule has 0 radical (unpaired) electrons. The number of aryl methyl sites for hydroxylation is 1. The summed E-state index contributed by atoms with van der Waals surface area (Å²) in [5.74, 6) is 0.233. The minimum atomic E-state index is -0.546. The summed E-state index contributed by atoms with van der Waals surface area (Å²) in [6, 6.07) is 1.94. The Hall–Kier alpha value is -0.900. The van der Waals surface area contributed by atoms with Crippen LogP contribution >= 0.6 is 11.6 Å². The Kier molecular flexibility index (Phi) is 3.76. The van der Waals surface area contributed by atoms with E-state index in [1.54, 1.807) is 6.92 Å². The summed E-state index contributed by atoms with van der Waals surface area (Å²) in [7, 11) is 0. The summed E-state index contributed by atoms with van der Waals surface area (Å²) < 4.78 is 0. The zero-order valence-corrected chi connectivity index (χ0v) is 11.5. The van der Waals surface area contributed by atoms with Crippen molar-refractivity contribution >= 4 is 17.4 Å². The van der Waals surface area contributed by atoms with Crippen molar-refractivity contribution in [1.82, 2.24) is 0 Å². The highest BCUT2D eigenvalue weighted by Crippen LogP contribution is 2.41. The fourth-order valence-electron chi connectivity index (χ4n) is 2.87. The van der Waals surface area contributed by atoms with Gasteiger partial charge in [-0.3, -0.25) is 10.1 Å². The molecule has 0 spiro atoms. The van der Waals surface area contributed by atoms with E-state index in [1.807, 2.05) is 19.9 Å². The van der Waals surface area contributed by atoms with Gasteiger partial charge in [-0.1, -0.05) is 13.0 Å². The average Bonchev–Trinajstić information content (AvgIpc) is 2.57. The molecule has 98 valence electrons. The molecule has 1 aliphatic carbocycles. The number of rotatable bonds is 3. The van der Waals surface area contributed by atoms with Gasteiger partial charge < -0.3 is 0 Å². The highest BCUT2D eigenvalue weighted by Gasteiger charge is 2.39. The second kappa shape index (κ2) is 5.00. The van der Waals surface area contributed by atoms with Gasteiger partial charge in [-0.2, -0.15) is 0 Å². The van der Waals surface area contributed by atoms with Crippen LogP contribution in [0.25, 0.3) is 0 Å². The topological polar surface area (TPSA) is 46.5 Å². The molecule has 0 aromatic heterocycles. The fraction of sp³-hybridized carbons (Fsp3) is 0.500. The Morgan fingerprint density at radius 2 is 2.11 bits per heavy atom. The van der Waals surface area contributed by atoms with E-state index in [1.165, 1.54) is 0 Å². The van der Waals surface area contributed by atoms with Crippen LogP contribution in [0.15, 0.2) is 6.07 Å². The van der Waals surface area contributed by atoms with Crippen LogP contribution in [-0.2, 0) is 11.3 Å². The molecule has 0 heterocycles. The van der Waals surface area contributed by atoms with Gasteiger partial charge in [-0.05, 0) is 42.5 Å². The SMILES string of the molecule is Cc1cc2c(c(C)c1CCCl)C(=O)[C@@H](C)[C@@H]2OO. The van der Waals surface area contributed by atoms with Gasteiger partial charge in [-0.25, -0.2) is 4.89 Å². The molecule has 1 aromatic rings. The average molecular weight is 269 g/mol. The lowest BCUT2D eigenvalue weighted by molar-refractivity contribution is -0.287. The minimum absolute atomic E-state index is 0.0392. The molecule has 1 N–H and O–H groups in total. The predicted octanol–water partition coefficient (Wildman–Crippen LogP) is 3.45. The molecular weight excluding hydrogens is 252 g/mol. The van der Waals surface area contributed by atoms with E-state index in [4.69, 9.17) is 16.9 Å². The van der Waals surface area contributed by atoms with Crippen molar-refractivity contribution in [3.05, 3.63) is 33.9 Å². The van der Waals surface area contributed by atoms with E-state index in [9.17, 15) is 4.79 Å². The quantitative estimate of drug-likeness (QED) is 0.519. The molecule has 2 rings (SSSR count). The van der Waals surface area contributed by atoms with Gasteiger partial charge in [0.25, 0.3) is 0 Å². The van der Waals surface area contributed by atoms with Gasteiger partial charge in [0.1, 0.15) is 6.10 Å². The number of benzene rings is 1. The zero-order valence-electron chi connectivity index (χ0n) is 10.8. The molecular formula is C14H17ClO3. The third-order valence-electron chi connectivity index (χ3n) is 3.84. The standard InChI is InChI=1S/C14H17ClO3/c1-7-6-11-12(8(2)10(7)4-5-15)13(16)9(3)14(11)18-17/h6,9,14,17H,4-5H2,1-3H3/t9-,14+/m1/s1. The van der Waals surface area contributed by atoms with Crippen LogP contribution in [0.4, 0.5) is 0 Å². The first-order chi connectivity index (χ1) is 8.52. The Morgan fingerprint density at radius 3 is 2.67 bits per heavy atom. The molecule has 0 saturated heterocycles. The number of alkyl halides is 1. The highest BCUT2D eigenvalue weighted by molar-refractivity contribution is 6.18. The number of carbonyl (C=O) groups excluding carboxylic acids is 1. The number of carbonyl (C=O) groups is 1. The van der Waals surface area contributed by atoms with E-state index >= 15 is 0 Å². The summed E-state index contributed by atoms with van der Waals surface area (Å²) >= 11 is 5.80. The van der Waals surface area contributed by atoms with E-state index in [-0.39, 0.29) is 11.7 Å². The number of hydrogen-bond donors (Lipinski definition) is 1.